The van der Waals surface area contributed by atoms with Crippen molar-refractivity contribution in [3.8, 4) is 5.75 Å². The van der Waals surface area contributed by atoms with Crippen molar-refractivity contribution in [3.05, 3.63) is 63.6 Å². The molecule has 0 aliphatic carbocycles. The van der Waals surface area contributed by atoms with Gasteiger partial charge in [-0.25, -0.2) is 0 Å². The van der Waals surface area contributed by atoms with Crippen molar-refractivity contribution in [2.75, 3.05) is 99.9 Å². The van der Waals surface area contributed by atoms with Crippen LogP contribution in [0.25, 0.3) is 0 Å². The van der Waals surface area contributed by atoms with Crippen LogP contribution in [0.3, 0.4) is 0 Å². The van der Waals surface area contributed by atoms with E-state index >= 15 is 0 Å². The van der Waals surface area contributed by atoms with E-state index in [0.29, 0.717) is 76.1 Å². The molecular weight excluding hydrogens is 595 g/mol. The van der Waals surface area contributed by atoms with E-state index in [2.05, 4.69) is 4.90 Å². The first-order chi connectivity index (χ1) is 21.0. The second-order valence-electron chi connectivity index (χ2n) is 10.3. The van der Waals surface area contributed by atoms with E-state index in [1.54, 1.807) is 19.2 Å². The number of carbonyl (C=O) groups excluding carboxylic acids is 1. The molecule has 240 valence electrons. The van der Waals surface area contributed by atoms with Crippen molar-refractivity contribution in [2.24, 2.45) is 0 Å². The minimum Gasteiger partial charge on any atom is -0.491 e. The van der Waals surface area contributed by atoms with Gasteiger partial charge in [0.2, 0.25) is 5.91 Å². The third-order valence-corrected chi connectivity index (χ3v) is 7.88. The van der Waals surface area contributed by atoms with E-state index in [1.807, 2.05) is 42.3 Å². The lowest BCUT2D eigenvalue weighted by molar-refractivity contribution is -0.131. The van der Waals surface area contributed by atoms with E-state index in [0.717, 1.165) is 36.5 Å². The smallest absolute Gasteiger partial charge is 0.227 e. The van der Waals surface area contributed by atoms with Gasteiger partial charge in [0.1, 0.15) is 12.4 Å². The molecule has 0 bridgehead atoms. The van der Waals surface area contributed by atoms with Crippen molar-refractivity contribution in [1.29, 1.82) is 0 Å². The van der Waals surface area contributed by atoms with Crippen LogP contribution in [0.5, 0.6) is 5.75 Å². The Bertz CT molecular complexity index is 1050. The third-order valence-electron chi connectivity index (χ3n) is 7.14. The molecule has 0 unspecified atom stereocenters. The van der Waals surface area contributed by atoms with Crippen LogP contribution in [0, 0.1) is 0 Å². The maximum absolute atomic E-state index is 13.3. The van der Waals surface area contributed by atoms with Crippen LogP contribution in [0.2, 0.25) is 10.0 Å². The van der Waals surface area contributed by atoms with Crippen LogP contribution in [0.15, 0.2) is 42.5 Å². The second-order valence-corrected chi connectivity index (χ2v) is 11.1. The first kappa shape index (κ1) is 35.5. The summed E-state index contributed by atoms with van der Waals surface area (Å²) in [6.45, 7) is 8.06. The molecule has 43 heavy (non-hydrogen) atoms. The van der Waals surface area contributed by atoms with Crippen molar-refractivity contribution in [2.45, 2.75) is 25.3 Å². The Balaban J connectivity index is 1.36. The van der Waals surface area contributed by atoms with Gasteiger partial charge in [-0.15, -0.1) is 0 Å². The molecule has 9 nitrogen and oxygen atoms in total. The molecular formula is C32H46Cl2N2O7. The summed E-state index contributed by atoms with van der Waals surface area (Å²) in [5.74, 6) is 0.788. The number of nitrogens with zero attached hydrogens (tertiary/aromatic N) is 2. The average molecular weight is 642 g/mol. The van der Waals surface area contributed by atoms with Crippen molar-refractivity contribution >= 4 is 29.1 Å². The van der Waals surface area contributed by atoms with Gasteiger partial charge >= 0.3 is 0 Å². The topological polar surface area (TPSA) is 78.9 Å². The molecule has 11 heteroatoms. The van der Waals surface area contributed by atoms with E-state index in [4.69, 9.17) is 51.6 Å². The van der Waals surface area contributed by atoms with Crippen LogP contribution in [-0.2, 0) is 34.9 Å². The zero-order chi connectivity index (χ0) is 30.7. The van der Waals surface area contributed by atoms with Crippen molar-refractivity contribution in [1.82, 2.24) is 9.80 Å². The summed E-state index contributed by atoms with van der Waals surface area (Å²) in [6.07, 6.45) is 2.64. The monoisotopic (exact) mass is 640 g/mol. The number of likely N-dealkylation sites (tertiary alicyclic amines) is 1. The molecule has 0 spiro atoms. The molecule has 1 atom stereocenters. The molecule has 3 rings (SSSR count). The number of hydrogen-bond donors (Lipinski definition) is 0. The number of likely N-dealkylation sites (N-methyl/N-ethyl adjacent to an activating group) is 1. The molecule has 1 amide bonds. The highest BCUT2D eigenvalue weighted by atomic mass is 35.5. The lowest BCUT2D eigenvalue weighted by Gasteiger charge is -2.32. The van der Waals surface area contributed by atoms with Crippen molar-refractivity contribution in [3.63, 3.8) is 0 Å². The Kier molecular flexibility index (Phi) is 17.3. The Labute approximate surface area is 266 Å². The Hall–Kier alpha value is -1.95. The predicted octanol–water partition coefficient (Wildman–Crippen LogP) is 4.92. The minimum atomic E-state index is -0.0783. The molecule has 2 aromatic carbocycles. The zero-order valence-corrected chi connectivity index (χ0v) is 27.0. The highest BCUT2D eigenvalue weighted by molar-refractivity contribution is 6.42. The zero-order valence-electron chi connectivity index (χ0n) is 25.4. The normalized spacial score (nSPS) is 14.2. The number of hydrogen-bond acceptors (Lipinski definition) is 8. The van der Waals surface area contributed by atoms with Crippen LogP contribution in [0.1, 0.15) is 30.0 Å². The predicted molar refractivity (Wildman–Crippen MR) is 168 cm³/mol. The highest BCUT2D eigenvalue weighted by Gasteiger charge is 2.26. The fraction of sp³-hybridized carbons (Fsp3) is 0.594. The van der Waals surface area contributed by atoms with E-state index in [9.17, 15) is 4.79 Å². The van der Waals surface area contributed by atoms with Gasteiger partial charge in [0.15, 0.2) is 0 Å². The SMILES string of the molecule is COCCOCCOCCOCCOCCOc1ccc([C@@H](CN2CCCC2)N(C)C(=O)Cc2ccc(Cl)c(Cl)c2)cc1. The lowest BCUT2D eigenvalue weighted by Crippen LogP contribution is -2.39. The van der Waals surface area contributed by atoms with E-state index in [1.165, 1.54) is 12.8 Å². The quantitative estimate of drug-likeness (QED) is 0.168. The molecule has 1 aliphatic rings. The fourth-order valence-corrected chi connectivity index (χ4v) is 5.01. The maximum Gasteiger partial charge on any atom is 0.227 e. The molecule has 1 fully saturated rings. The number of halogens is 2. The summed E-state index contributed by atoms with van der Waals surface area (Å²) in [5, 5.41) is 0.935. The van der Waals surface area contributed by atoms with Crippen LogP contribution >= 0.6 is 23.2 Å². The third kappa shape index (κ3) is 13.7. The molecule has 1 aliphatic heterocycles. The number of rotatable bonds is 22. The molecule has 1 heterocycles. The fourth-order valence-electron chi connectivity index (χ4n) is 4.69. The summed E-state index contributed by atoms with van der Waals surface area (Å²) in [4.78, 5) is 17.6. The minimum absolute atomic E-state index is 0.0277. The summed E-state index contributed by atoms with van der Waals surface area (Å²) < 4.78 is 32.7. The lowest BCUT2D eigenvalue weighted by atomic mass is 10.0. The van der Waals surface area contributed by atoms with Gasteiger partial charge < -0.3 is 38.2 Å². The van der Waals surface area contributed by atoms with Crippen LogP contribution in [0.4, 0.5) is 0 Å². The Morgan fingerprint density at radius 2 is 1.35 bits per heavy atom. The van der Waals surface area contributed by atoms with E-state index < -0.39 is 0 Å². The second kappa shape index (κ2) is 20.9. The molecule has 0 N–H and O–H groups in total. The van der Waals surface area contributed by atoms with Crippen molar-refractivity contribution < 1.29 is 33.2 Å². The number of amides is 1. The highest BCUT2D eigenvalue weighted by Crippen LogP contribution is 2.27. The van der Waals surface area contributed by atoms with Crippen LogP contribution in [-0.4, -0.2) is 116 Å². The van der Waals surface area contributed by atoms with Gasteiger partial charge in [-0.05, 0) is 61.3 Å². The number of carbonyl (C=O) groups is 1. The molecule has 2 aromatic rings. The van der Waals surface area contributed by atoms with Gasteiger partial charge in [0, 0.05) is 20.7 Å². The van der Waals surface area contributed by atoms with Gasteiger partial charge in [-0.2, -0.15) is 0 Å². The van der Waals surface area contributed by atoms with Gasteiger partial charge in [-0.3, -0.25) is 4.79 Å². The number of benzene rings is 2. The van der Waals surface area contributed by atoms with Gasteiger partial charge in [0.05, 0.1) is 82.0 Å². The average Bonchev–Trinajstić information content (AvgIpc) is 3.53. The Morgan fingerprint density at radius 3 is 1.91 bits per heavy atom. The maximum atomic E-state index is 13.3. The largest absolute Gasteiger partial charge is 0.491 e. The standard InChI is InChI=1S/C32H46Cl2N2O7/c1-35(32(37)24-26-5-10-29(33)30(34)23-26)31(25-36-11-3-4-12-36)27-6-8-28(9-7-27)43-22-21-42-20-19-41-18-17-40-16-15-39-14-13-38-2/h5-10,23,31H,3-4,11-22,24-25H2,1-2H3/t31-/m1/s1. The molecule has 0 saturated carbocycles. The first-order valence-electron chi connectivity index (χ1n) is 14.9. The molecule has 0 aromatic heterocycles. The van der Waals surface area contributed by atoms with Gasteiger partial charge in [-0.1, -0.05) is 41.4 Å². The summed E-state index contributed by atoms with van der Waals surface area (Å²) in [6, 6.07) is 13.2. The summed E-state index contributed by atoms with van der Waals surface area (Å²) in [5.41, 5.74) is 1.91. The van der Waals surface area contributed by atoms with Crippen LogP contribution < -0.4 is 4.74 Å². The molecule has 1 saturated heterocycles. The number of methoxy groups -OCH3 is 1. The first-order valence-corrected chi connectivity index (χ1v) is 15.7. The van der Waals surface area contributed by atoms with Gasteiger partial charge in [0.25, 0.3) is 0 Å². The summed E-state index contributed by atoms with van der Waals surface area (Å²) >= 11 is 12.2. The molecule has 0 radical (unpaired) electrons. The summed E-state index contributed by atoms with van der Waals surface area (Å²) in [7, 11) is 3.52. The van der Waals surface area contributed by atoms with E-state index in [-0.39, 0.29) is 18.4 Å². The number of ether oxygens (including phenoxy) is 6. The Morgan fingerprint density at radius 1 is 0.791 bits per heavy atom.